The van der Waals surface area contributed by atoms with Gasteiger partial charge in [-0.3, -0.25) is 4.90 Å². The van der Waals surface area contributed by atoms with E-state index in [1.807, 2.05) is 0 Å². The molecule has 1 N–H and O–H groups in total. The maximum Gasteiger partial charge on any atom is 0.0195 e. The van der Waals surface area contributed by atoms with Gasteiger partial charge in [-0.25, -0.2) is 0 Å². The fourth-order valence-electron chi connectivity index (χ4n) is 3.68. The molecule has 2 nitrogen and oxygen atoms in total. The Morgan fingerprint density at radius 2 is 1.94 bits per heavy atom. The van der Waals surface area contributed by atoms with Crippen LogP contribution in [0.4, 0.5) is 0 Å². The van der Waals surface area contributed by atoms with Crippen molar-refractivity contribution in [2.75, 3.05) is 19.6 Å². The van der Waals surface area contributed by atoms with Crippen LogP contribution in [0.5, 0.6) is 0 Å². The van der Waals surface area contributed by atoms with Gasteiger partial charge in [0.1, 0.15) is 0 Å². The first-order valence-electron chi connectivity index (χ1n) is 7.29. The average molecular weight is 224 g/mol. The van der Waals surface area contributed by atoms with E-state index in [-0.39, 0.29) is 0 Å². The molecule has 0 aromatic rings. The summed E-state index contributed by atoms with van der Waals surface area (Å²) in [6.45, 7) is 8.21. The predicted molar refractivity (Wildman–Crippen MR) is 69.7 cm³/mol. The summed E-state index contributed by atoms with van der Waals surface area (Å²) in [5.41, 5.74) is 0. The van der Waals surface area contributed by atoms with Crippen molar-refractivity contribution in [1.82, 2.24) is 10.2 Å². The number of likely N-dealkylation sites (tertiary alicyclic amines) is 1. The van der Waals surface area contributed by atoms with E-state index in [2.05, 4.69) is 24.1 Å². The summed E-state index contributed by atoms with van der Waals surface area (Å²) >= 11 is 0. The first-order chi connectivity index (χ1) is 7.83. The molecule has 1 aliphatic heterocycles. The summed E-state index contributed by atoms with van der Waals surface area (Å²) in [4.78, 5) is 2.79. The van der Waals surface area contributed by atoms with Crippen LogP contribution in [0.1, 0.15) is 52.4 Å². The summed E-state index contributed by atoms with van der Waals surface area (Å²) < 4.78 is 0. The van der Waals surface area contributed by atoms with Gasteiger partial charge in [-0.05, 0) is 51.6 Å². The fourth-order valence-corrected chi connectivity index (χ4v) is 3.68. The quantitative estimate of drug-likeness (QED) is 0.772. The molecule has 1 saturated carbocycles. The highest BCUT2D eigenvalue weighted by atomic mass is 15.2. The van der Waals surface area contributed by atoms with Crippen LogP contribution in [0, 0.1) is 5.92 Å². The number of hydrogen-bond donors (Lipinski definition) is 1. The van der Waals surface area contributed by atoms with Gasteiger partial charge in [-0.1, -0.05) is 19.8 Å². The van der Waals surface area contributed by atoms with E-state index >= 15 is 0 Å². The van der Waals surface area contributed by atoms with E-state index < -0.39 is 0 Å². The third kappa shape index (κ3) is 2.78. The molecule has 0 amide bonds. The number of nitrogens with zero attached hydrogens (tertiary/aromatic N) is 1. The summed E-state index contributed by atoms with van der Waals surface area (Å²) in [5, 5.41) is 3.49. The lowest BCUT2D eigenvalue weighted by Crippen LogP contribution is -2.45. The van der Waals surface area contributed by atoms with Gasteiger partial charge in [0.25, 0.3) is 0 Å². The van der Waals surface area contributed by atoms with Crippen LogP contribution in [0.2, 0.25) is 0 Å². The third-order valence-corrected chi connectivity index (χ3v) is 4.54. The molecule has 0 bridgehead atoms. The highest BCUT2D eigenvalue weighted by Gasteiger charge is 2.35. The van der Waals surface area contributed by atoms with Crippen molar-refractivity contribution in [2.45, 2.75) is 64.5 Å². The lowest BCUT2D eigenvalue weighted by molar-refractivity contribution is 0.142. The second kappa shape index (κ2) is 6.02. The van der Waals surface area contributed by atoms with Crippen molar-refractivity contribution < 1.29 is 0 Å². The van der Waals surface area contributed by atoms with E-state index in [9.17, 15) is 0 Å². The molecule has 94 valence electrons. The summed E-state index contributed by atoms with van der Waals surface area (Å²) in [6.07, 6.45) is 8.84. The molecule has 16 heavy (non-hydrogen) atoms. The van der Waals surface area contributed by atoms with Crippen LogP contribution >= 0.6 is 0 Å². The Morgan fingerprint density at radius 3 is 2.62 bits per heavy atom. The van der Waals surface area contributed by atoms with Crippen LogP contribution in [-0.2, 0) is 0 Å². The largest absolute Gasteiger partial charge is 0.315 e. The molecule has 2 heteroatoms. The molecule has 2 aliphatic rings. The average Bonchev–Trinajstić information content (AvgIpc) is 2.94. The smallest absolute Gasteiger partial charge is 0.0195 e. The van der Waals surface area contributed by atoms with Gasteiger partial charge < -0.3 is 5.32 Å². The molecule has 2 unspecified atom stereocenters. The first-order valence-corrected chi connectivity index (χ1v) is 7.29. The number of likely N-dealkylation sites (N-methyl/N-ethyl adjacent to an activating group) is 1. The molecule has 0 aromatic heterocycles. The predicted octanol–water partition coefficient (Wildman–Crippen LogP) is 2.64. The van der Waals surface area contributed by atoms with Gasteiger partial charge in [0, 0.05) is 18.6 Å². The highest BCUT2D eigenvalue weighted by Crippen LogP contribution is 2.36. The van der Waals surface area contributed by atoms with Crippen LogP contribution in [0.15, 0.2) is 0 Å². The zero-order valence-corrected chi connectivity index (χ0v) is 11.0. The first kappa shape index (κ1) is 12.4. The van der Waals surface area contributed by atoms with Gasteiger partial charge in [-0.15, -0.1) is 0 Å². The van der Waals surface area contributed by atoms with Crippen LogP contribution in [-0.4, -0.2) is 36.6 Å². The molecule has 0 aromatic carbocycles. The summed E-state index contributed by atoms with van der Waals surface area (Å²) in [6, 6.07) is 1.64. The Kier molecular flexibility index (Phi) is 4.66. The highest BCUT2D eigenvalue weighted by molar-refractivity contribution is 4.90. The number of hydrogen-bond acceptors (Lipinski definition) is 2. The molecule has 1 saturated heterocycles. The number of rotatable bonds is 5. The zero-order valence-electron chi connectivity index (χ0n) is 11.0. The van der Waals surface area contributed by atoms with Gasteiger partial charge in [0.2, 0.25) is 0 Å². The molecule has 2 fully saturated rings. The van der Waals surface area contributed by atoms with Gasteiger partial charge in [-0.2, -0.15) is 0 Å². The zero-order chi connectivity index (χ0) is 11.4. The lowest BCUT2D eigenvalue weighted by Gasteiger charge is -2.34. The molecule has 0 radical (unpaired) electrons. The third-order valence-electron chi connectivity index (χ3n) is 4.54. The van der Waals surface area contributed by atoms with Crippen LogP contribution < -0.4 is 5.32 Å². The van der Waals surface area contributed by atoms with Gasteiger partial charge in [0.15, 0.2) is 0 Å². The van der Waals surface area contributed by atoms with E-state index in [1.165, 1.54) is 51.6 Å². The van der Waals surface area contributed by atoms with E-state index in [1.54, 1.807) is 0 Å². The van der Waals surface area contributed by atoms with Gasteiger partial charge in [0.05, 0.1) is 0 Å². The second-order valence-electron chi connectivity index (χ2n) is 5.65. The second-order valence-corrected chi connectivity index (χ2v) is 5.65. The molecule has 1 heterocycles. The minimum atomic E-state index is 0.730. The maximum atomic E-state index is 3.49. The van der Waals surface area contributed by atoms with Crippen molar-refractivity contribution in [3.8, 4) is 0 Å². The monoisotopic (exact) mass is 224 g/mol. The Balaban J connectivity index is 1.86. The Hall–Kier alpha value is -0.0800. The van der Waals surface area contributed by atoms with Crippen LogP contribution in [0.25, 0.3) is 0 Å². The van der Waals surface area contributed by atoms with E-state index in [4.69, 9.17) is 0 Å². The van der Waals surface area contributed by atoms with Crippen molar-refractivity contribution in [3.05, 3.63) is 0 Å². The molecule has 2 atom stereocenters. The van der Waals surface area contributed by atoms with Crippen molar-refractivity contribution in [2.24, 2.45) is 5.92 Å². The topological polar surface area (TPSA) is 15.3 Å². The normalized spacial score (nSPS) is 30.0. The fraction of sp³-hybridized carbons (Fsp3) is 1.00. The molecule has 0 spiro atoms. The van der Waals surface area contributed by atoms with E-state index in [0.717, 1.165) is 24.5 Å². The Labute approximate surface area is 101 Å². The van der Waals surface area contributed by atoms with Crippen molar-refractivity contribution in [3.63, 3.8) is 0 Å². The summed E-state index contributed by atoms with van der Waals surface area (Å²) in [5.74, 6) is 1.02. The van der Waals surface area contributed by atoms with E-state index in [0.29, 0.717) is 0 Å². The SMILES string of the molecule is CCNCC(C)N1CCCC1C1CCCC1. The Morgan fingerprint density at radius 1 is 1.19 bits per heavy atom. The maximum absolute atomic E-state index is 3.49. The van der Waals surface area contributed by atoms with Gasteiger partial charge >= 0.3 is 0 Å². The standard InChI is InChI=1S/C14H28N2/c1-3-15-11-12(2)16-10-6-9-14(16)13-7-4-5-8-13/h12-15H,3-11H2,1-2H3. The molecule has 2 rings (SSSR count). The lowest BCUT2D eigenvalue weighted by atomic mass is 9.95. The molecular formula is C14H28N2. The Bertz CT molecular complexity index is 199. The minimum absolute atomic E-state index is 0.730. The summed E-state index contributed by atoms with van der Waals surface area (Å²) in [7, 11) is 0. The van der Waals surface area contributed by atoms with Crippen molar-refractivity contribution in [1.29, 1.82) is 0 Å². The molecular weight excluding hydrogens is 196 g/mol. The van der Waals surface area contributed by atoms with Crippen LogP contribution in [0.3, 0.4) is 0 Å². The molecule has 1 aliphatic carbocycles. The minimum Gasteiger partial charge on any atom is -0.315 e. The van der Waals surface area contributed by atoms with Crippen molar-refractivity contribution >= 4 is 0 Å². The number of nitrogens with one attached hydrogen (secondary N) is 1.